The maximum absolute atomic E-state index is 12.4. The van der Waals surface area contributed by atoms with E-state index in [4.69, 9.17) is 5.11 Å². The number of alkyl halides is 3. The molecule has 7 heteroatoms. The zero-order chi connectivity index (χ0) is 13.1. The van der Waals surface area contributed by atoms with Gasteiger partial charge in [-0.2, -0.15) is 25.8 Å². The van der Waals surface area contributed by atoms with Crippen molar-refractivity contribution in [2.45, 2.75) is 6.18 Å². The first-order valence-corrected chi connectivity index (χ1v) is 5.25. The third-order valence-electron chi connectivity index (χ3n) is 2.01. The SMILES string of the molecule is O=C(Nc1cccc(O)c1)C(CS)C(F)(F)F. The molecule has 1 atom stereocenters. The number of carbonyl (C=O) groups is 1. The second-order valence-electron chi connectivity index (χ2n) is 3.32. The highest BCUT2D eigenvalue weighted by Gasteiger charge is 2.43. The van der Waals surface area contributed by atoms with Gasteiger partial charge in [0, 0.05) is 17.5 Å². The standard InChI is InChI=1S/C10H10F3NO2S/c11-10(12,13)8(5-17)9(16)14-6-2-1-3-7(15)4-6/h1-4,8,15,17H,5H2,(H,14,16). The van der Waals surface area contributed by atoms with Crippen molar-refractivity contribution in [3.05, 3.63) is 24.3 Å². The van der Waals surface area contributed by atoms with E-state index in [0.717, 1.165) is 6.07 Å². The topological polar surface area (TPSA) is 49.3 Å². The molecule has 0 heterocycles. The number of thiol groups is 1. The number of aromatic hydroxyl groups is 1. The number of hydrogen-bond acceptors (Lipinski definition) is 3. The van der Waals surface area contributed by atoms with Crippen molar-refractivity contribution in [1.29, 1.82) is 0 Å². The number of benzene rings is 1. The van der Waals surface area contributed by atoms with E-state index in [0.29, 0.717) is 0 Å². The Morgan fingerprint density at radius 2 is 2.12 bits per heavy atom. The maximum Gasteiger partial charge on any atom is 0.401 e. The van der Waals surface area contributed by atoms with Gasteiger partial charge in [0.1, 0.15) is 11.7 Å². The Kier molecular flexibility index (Phi) is 4.28. The summed E-state index contributed by atoms with van der Waals surface area (Å²) in [6.07, 6.45) is -4.64. The summed E-state index contributed by atoms with van der Waals surface area (Å²) < 4.78 is 37.2. The number of rotatable bonds is 3. The van der Waals surface area contributed by atoms with E-state index in [1.54, 1.807) is 0 Å². The van der Waals surface area contributed by atoms with Crippen molar-refractivity contribution in [2.75, 3.05) is 11.1 Å². The van der Waals surface area contributed by atoms with Gasteiger partial charge in [0.25, 0.3) is 0 Å². The zero-order valence-electron chi connectivity index (χ0n) is 8.53. The van der Waals surface area contributed by atoms with Gasteiger partial charge in [-0.25, -0.2) is 0 Å². The maximum atomic E-state index is 12.4. The normalized spacial score (nSPS) is 13.2. The van der Waals surface area contributed by atoms with Crippen LogP contribution in [0.4, 0.5) is 18.9 Å². The van der Waals surface area contributed by atoms with Crippen LogP contribution in [0.25, 0.3) is 0 Å². The summed E-state index contributed by atoms with van der Waals surface area (Å²) in [5.74, 6) is -4.14. The second-order valence-corrected chi connectivity index (χ2v) is 3.68. The van der Waals surface area contributed by atoms with Crippen molar-refractivity contribution >= 4 is 24.2 Å². The molecule has 2 N–H and O–H groups in total. The van der Waals surface area contributed by atoms with Crippen molar-refractivity contribution in [2.24, 2.45) is 5.92 Å². The summed E-state index contributed by atoms with van der Waals surface area (Å²) in [5.41, 5.74) is 0.103. The average molecular weight is 265 g/mol. The lowest BCUT2D eigenvalue weighted by Gasteiger charge is -2.17. The van der Waals surface area contributed by atoms with E-state index in [1.165, 1.54) is 18.2 Å². The number of hydrogen-bond donors (Lipinski definition) is 3. The van der Waals surface area contributed by atoms with Crippen molar-refractivity contribution < 1.29 is 23.1 Å². The van der Waals surface area contributed by atoms with E-state index in [-0.39, 0.29) is 11.4 Å². The Morgan fingerprint density at radius 1 is 1.47 bits per heavy atom. The van der Waals surface area contributed by atoms with Crippen LogP contribution in [0.15, 0.2) is 24.3 Å². The number of halogens is 3. The molecule has 0 saturated heterocycles. The van der Waals surface area contributed by atoms with Crippen molar-refractivity contribution in [3.8, 4) is 5.75 Å². The van der Waals surface area contributed by atoms with Crippen LogP contribution in [0.1, 0.15) is 0 Å². The molecule has 1 rings (SSSR count). The highest BCUT2D eigenvalue weighted by Crippen LogP contribution is 2.28. The van der Waals surface area contributed by atoms with Crippen LogP contribution in [0, 0.1) is 5.92 Å². The smallest absolute Gasteiger partial charge is 0.401 e. The molecule has 1 unspecified atom stereocenters. The van der Waals surface area contributed by atoms with E-state index in [2.05, 4.69) is 17.9 Å². The molecule has 0 aliphatic carbocycles. The fraction of sp³-hybridized carbons (Fsp3) is 0.300. The van der Waals surface area contributed by atoms with Crippen LogP contribution in [-0.2, 0) is 4.79 Å². The number of phenolic OH excluding ortho intramolecular Hbond substituents is 1. The Morgan fingerprint density at radius 3 is 2.59 bits per heavy atom. The lowest BCUT2D eigenvalue weighted by molar-refractivity contribution is -0.174. The van der Waals surface area contributed by atoms with Gasteiger partial charge in [-0.15, -0.1) is 0 Å². The fourth-order valence-corrected chi connectivity index (χ4v) is 1.52. The van der Waals surface area contributed by atoms with Crippen LogP contribution in [-0.4, -0.2) is 22.9 Å². The molecule has 0 aliphatic rings. The molecule has 94 valence electrons. The van der Waals surface area contributed by atoms with Gasteiger partial charge in [-0.05, 0) is 12.1 Å². The van der Waals surface area contributed by atoms with Gasteiger partial charge in [0.15, 0.2) is 0 Å². The third-order valence-corrected chi connectivity index (χ3v) is 2.37. The molecule has 0 fully saturated rings. The molecular formula is C10H10F3NO2S. The summed E-state index contributed by atoms with van der Waals surface area (Å²) in [6.45, 7) is 0. The highest BCUT2D eigenvalue weighted by atomic mass is 32.1. The molecule has 0 spiro atoms. The van der Waals surface area contributed by atoms with E-state index >= 15 is 0 Å². The first-order chi connectivity index (χ1) is 7.84. The molecule has 0 aliphatic heterocycles. The third kappa shape index (κ3) is 3.85. The molecular weight excluding hydrogens is 255 g/mol. The van der Waals surface area contributed by atoms with E-state index < -0.39 is 23.8 Å². The van der Waals surface area contributed by atoms with Gasteiger partial charge >= 0.3 is 6.18 Å². The van der Waals surface area contributed by atoms with E-state index in [9.17, 15) is 18.0 Å². The number of phenols is 1. The summed E-state index contributed by atoms with van der Waals surface area (Å²) in [5, 5.41) is 11.2. The van der Waals surface area contributed by atoms with Crippen molar-refractivity contribution in [1.82, 2.24) is 0 Å². The van der Waals surface area contributed by atoms with Gasteiger partial charge in [-0.3, -0.25) is 4.79 Å². The molecule has 0 radical (unpaired) electrons. The molecule has 3 nitrogen and oxygen atoms in total. The summed E-state index contributed by atoms with van der Waals surface area (Å²) in [7, 11) is 0. The van der Waals surface area contributed by atoms with Crippen LogP contribution in [0.5, 0.6) is 5.75 Å². The Bertz CT molecular complexity index is 409. The minimum absolute atomic E-state index is 0.103. The van der Waals surface area contributed by atoms with Crippen LogP contribution in [0.2, 0.25) is 0 Å². The average Bonchev–Trinajstić information content (AvgIpc) is 2.15. The monoisotopic (exact) mass is 265 g/mol. The predicted molar refractivity (Wildman–Crippen MR) is 60.1 cm³/mol. The van der Waals surface area contributed by atoms with Crippen LogP contribution < -0.4 is 5.32 Å². The number of amides is 1. The fourth-order valence-electron chi connectivity index (χ4n) is 1.15. The second kappa shape index (κ2) is 5.31. The summed E-state index contributed by atoms with van der Waals surface area (Å²) in [6, 6.07) is 5.29. The first-order valence-electron chi connectivity index (χ1n) is 4.62. The van der Waals surface area contributed by atoms with Gasteiger partial charge in [-0.1, -0.05) is 6.07 Å². The van der Waals surface area contributed by atoms with Crippen LogP contribution >= 0.6 is 12.6 Å². The van der Waals surface area contributed by atoms with Gasteiger partial charge in [0.05, 0.1) is 0 Å². The Balaban J connectivity index is 2.78. The Hall–Kier alpha value is -1.37. The van der Waals surface area contributed by atoms with Gasteiger partial charge in [0.2, 0.25) is 5.91 Å². The minimum Gasteiger partial charge on any atom is -0.508 e. The predicted octanol–water partition coefficient (Wildman–Crippen LogP) is 2.44. The minimum atomic E-state index is -4.64. The van der Waals surface area contributed by atoms with Crippen LogP contribution in [0.3, 0.4) is 0 Å². The summed E-state index contributed by atoms with van der Waals surface area (Å²) in [4.78, 5) is 11.3. The van der Waals surface area contributed by atoms with Crippen molar-refractivity contribution in [3.63, 3.8) is 0 Å². The Labute approximate surface area is 101 Å². The molecule has 0 saturated carbocycles. The molecule has 1 aromatic carbocycles. The molecule has 17 heavy (non-hydrogen) atoms. The summed E-state index contributed by atoms with van der Waals surface area (Å²) >= 11 is 3.50. The molecule has 0 aromatic heterocycles. The number of nitrogens with one attached hydrogen (secondary N) is 1. The number of anilines is 1. The zero-order valence-corrected chi connectivity index (χ0v) is 9.42. The molecule has 0 bridgehead atoms. The largest absolute Gasteiger partial charge is 0.508 e. The number of carbonyl (C=O) groups excluding carboxylic acids is 1. The molecule has 1 amide bonds. The first kappa shape index (κ1) is 13.7. The van der Waals surface area contributed by atoms with E-state index in [1.807, 2.05) is 0 Å². The highest BCUT2D eigenvalue weighted by molar-refractivity contribution is 7.80. The lowest BCUT2D eigenvalue weighted by Crippen LogP contribution is -2.36. The lowest BCUT2D eigenvalue weighted by atomic mass is 10.1. The van der Waals surface area contributed by atoms with Gasteiger partial charge < -0.3 is 10.4 Å². The quantitative estimate of drug-likeness (QED) is 0.735. The molecule has 1 aromatic rings.